The van der Waals surface area contributed by atoms with Gasteiger partial charge in [0.1, 0.15) is 17.6 Å². The van der Waals surface area contributed by atoms with Gasteiger partial charge in [-0.05, 0) is 43.2 Å². The predicted octanol–water partition coefficient (Wildman–Crippen LogP) is 3.96. The number of carbonyl (C=O) groups is 1. The van der Waals surface area contributed by atoms with E-state index >= 15 is 0 Å². The molecule has 2 aliphatic rings. The SMILES string of the molecule is COc1ccc(Cl)cc1C(=O)N1C2CCC1CC(Oc1ccncc1)C2. The van der Waals surface area contributed by atoms with E-state index in [-0.39, 0.29) is 24.1 Å². The Kier molecular flexibility index (Phi) is 4.72. The van der Waals surface area contributed by atoms with Gasteiger partial charge in [-0.15, -0.1) is 0 Å². The Labute approximate surface area is 157 Å². The summed E-state index contributed by atoms with van der Waals surface area (Å²) in [4.78, 5) is 19.2. The minimum absolute atomic E-state index is 0.000730. The van der Waals surface area contributed by atoms with Crippen LogP contribution in [0.2, 0.25) is 5.02 Å². The molecule has 6 heteroatoms. The van der Waals surface area contributed by atoms with E-state index in [1.54, 1.807) is 37.7 Å². The molecular weight excluding hydrogens is 352 g/mol. The molecule has 2 bridgehead atoms. The number of amides is 1. The van der Waals surface area contributed by atoms with Gasteiger partial charge in [0.15, 0.2) is 0 Å². The van der Waals surface area contributed by atoms with Crippen LogP contribution in [0.1, 0.15) is 36.0 Å². The van der Waals surface area contributed by atoms with Crippen molar-refractivity contribution in [2.24, 2.45) is 0 Å². The fourth-order valence-corrected chi connectivity index (χ4v) is 4.32. The molecule has 136 valence electrons. The number of carbonyl (C=O) groups excluding carboxylic acids is 1. The van der Waals surface area contributed by atoms with Gasteiger partial charge in [0.25, 0.3) is 5.91 Å². The van der Waals surface area contributed by atoms with Crippen molar-refractivity contribution in [3.8, 4) is 11.5 Å². The minimum Gasteiger partial charge on any atom is -0.496 e. The number of aromatic nitrogens is 1. The first-order valence-electron chi connectivity index (χ1n) is 8.88. The van der Waals surface area contributed by atoms with Crippen LogP contribution >= 0.6 is 11.6 Å². The smallest absolute Gasteiger partial charge is 0.258 e. The summed E-state index contributed by atoms with van der Waals surface area (Å²) in [5.41, 5.74) is 0.533. The van der Waals surface area contributed by atoms with Crippen LogP contribution in [0.5, 0.6) is 11.5 Å². The second kappa shape index (κ2) is 7.16. The van der Waals surface area contributed by atoms with E-state index in [1.165, 1.54) is 0 Å². The van der Waals surface area contributed by atoms with E-state index in [0.29, 0.717) is 16.3 Å². The maximum atomic E-state index is 13.2. The summed E-state index contributed by atoms with van der Waals surface area (Å²) in [5.74, 6) is 1.40. The van der Waals surface area contributed by atoms with Crippen LogP contribution in [-0.4, -0.2) is 41.1 Å². The number of methoxy groups -OCH3 is 1. The molecule has 1 aromatic carbocycles. The fraction of sp³-hybridized carbons (Fsp3) is 0.400. The lowest BCUT2D eigenvalue weighted by Crippen LogP contribution is -2.49. The number of rotatable bonds is 4. The third kappa shape index (κ3) is 3.23. The molecule has 2 aliphatic heterocycles. The van der Waals surface area contributed by atoms with Crippen molar-refractivity contribution in [2.75, 3.05) is 7.11 Å². The Morgan fingerprint density at radius 3 is 2.50 bits per heavy atom. The van der Waals surface area contributed by atoms with Crippen molar-refractivity contribution in [1.29, 1.82) is 0 Å². The summed E-state index contributed by atoms with van der Waals surface area (Å²) in [6.07, 6.45) is 7.29. The maximum absolute atomic E-state index is 13.2. The molecule has 2 aromatic rings. The average molecular weight is 373 g/mol. The van der Waals surface area contributed by atoms with Crippen LogP contribution in [-0.2, 0) is 0 Å². The van der Waals surface area contributed by atoms with Gasteiger partial charge in [0.05, 0.1) is 12.7 Å². The Hall–Kier alpha value is -2.27. The number of halogens is 1. The average Bonchev–Trinajstić information content (AvgIpc) is 2.92. The summed E-state index contributed by atoms with van der Waals surface area (Å²) in [5, 5.41) is 0.539. The largest absolute Gasteiger partial charge is 0.496 e. The molecule has 2 atom stereocenters. The monoisotopic (exact) mass is 372 g/mol. The molecule has 3 heterocycles. The van der Waals surface area contributed by atoms with Gasteiger partial charge in [-0.25, -0.2) is 0 Å². The molecule has 2 unspecified atom stereocenters. The molecule has 0 aliphatic carbocycles. The summed E-state index contributed by atoms with van der Waals surface area (Å²) >= 11 is 6.11. The third-order valence-corrected chi connectivity index (χ3v) is 5.50. The van der Waals surface area contributed by atoms with Crippen molar-refractivity contribution in [1.82, 2.24) is 9.88 Å². The van der Waals surface area contributed by atoms with Crippen LogP contribution in [0.25, 0.3) is 0 Å². The van der Waals surface area contributed by atoms with Crippen LogP contribution < -0.4 is 9.47 Å². The molecule has 26 heavy (non-hydrogen) atoms. The molecule has 0 saturated carbocycles. The quantitative estimate of drug-likeness (QED) is 0.815. The lowest BCUT2D eigenvalue weighted by Gasteiger charge is -2.39. The first kappa shape index (κ1) is 17.2. The van der Waals surface area contributed by atoms with Crippen molar-refractivity contribution in [3.05, 3.63) is 53.3 Å². The van der Waals surface area contributed by atoms with Gasteiger partial charge in [-0.1, -0.05) is 11.6 Å². The van der Waals surface area contributed by atoms with Gasteiger partial charge in [0, 0.05) is 42.3 Å². The van der Waals surface area contributed by atoms with Gasteiger partial charge < -0.3 is 14.4 Å². The zero-order valence-corrected chi connectivity index (χ0v) is 15.4. The summed E-state index contributed by atoms with van der Waals surface area (Å²) < 4.78 is 11.5. The normalized spacial score (nSPS) is 24.4. The third-order valence-electron chi connectivity index (χ3n) is 5.27. The molecule has 0 N–H and O–H groups in total. The zero-order chi connectivity index (χ0) is 18.1. The highest BCUT2D eigenvalue weighted by Crippen LogP contribution is 2.39. The molecule has 0 spiro atoms. The molecule has 4 rings (SSSR count). The Bertz CT molecular complexity index is 785. The Morgan fingerprint density at radius 1 is 1.15 bits per heavy atom. The number of hydrogen-bond donors (Lipinski definition) is 0. The molecule has 1 aromatic heterocycles. The standard InChI is InChI=1S/C20H21ClN2O3/c1-25-19-5-2-13(21)10-18(19)20(24)23-14-3-4-15(23)12-17(11-14)26-16-6-8-22-9-7-16/h2,5-10,14-15,17H,3-4,11-12H2,1H3. The highest BCUT2D eigenvalue weighted by Gasteiger charge is 2.44. The van der Waals surface area contributed by atoms with Gasteiger partial charge >= 0.3 is 0 Å². The predicted molar refractivity (Wildman–Crippen MR) is 98.9 cm³/mol. The molecular formula is C20H21ClN2O3. The van der Waals surface area contributed by atoms with Crippen LogP contribution in [0, 0.1) is 0 Å². The van der Waals surface area contributed by atoms with Crippen molar-refractivity contribution in [2.45, 2.75) is 43.9 Å². The minimum atomic E-state index is -0.000730. The lowest BCUT2D eigenvalue weighted by atomic mass is 9.98. The van der Waals surface area contributed by atoms with E-state index in [9.17, 15) is 4.79 Å². The van der Waals surface area contributed by atoms with Crippen LogP contribution in [0.3, 0.4) is 0 Å². The number of ether oxygens (including phenoxy) is 2. The fourth-order valence-electron chi connectivity index (χ4n) is 4.15. The number of fused-ring (bicyclic) bond motifs is 2. The van der Waals surface area contributed by atoms with E-state index in [0.717, 1.165) is 31.4 Å². The molecule has 1 amide bonds. The summed E-state index contributed by atoms with van der Waals surface area (Å²) in [7, 11) is 1.57. The number of piperidine rings is 1. The maximum Gasteiger partial charge on any atom is 0.258 e. The van der Waals surface area contributed by atoms with E-state index in [4.69, 9.17) is 21.1 Å². The summed E-state index contributed by atoms with van der Waals surface area (Å²) in [6.45, 7) is 0. The van der Waals surface area contributed by atoms with Gasteiger partial charge in [0.2, 0.25) is 0 Å². The second-order valence-electron chi connectivity index (χ2n) is 6.84. The number of nitrogens with zero attached hydrogens (tertiary/aromatic N) is 2. The highest BCUT2D eigenvalue weighted by molar-refractivity contribution is 6.31. The van der Waals surface area contributed by atoms with Crippen molar-refractivity contribution < 1.29 is 14.3 Å². The van der Waals surface area contributed by atoms with Crippen LogP contribution in [0.15, 0.2) is 42.7 Å². The van der Waals surface area contributed by atoms with Crippen LogP contribution in [0.4, 0.5) is 0 Å². The number of benzene rings is 1. The Morgan fingerprint density at radius 2 is 1.85 bits per heavy atom. The van der Waals surface area contributed by atoms with E-state index in [1.807, 2.05) is 17.0 Å². The van der Waals surface area contributed by atoms with Crippen molar-refractivity contribution in [3.63, 3.8) is 0 Å². The zero-order valence-electron chi connectivity index (χ0n) is 14.6. The second-order valence-corrected chi connectivity index (χ2v) is 7.27. The van der Waals surface area contributed by atoms with E-state index in [2.05, 4.69) is 4.98 Å². The molecule has 0 radical (unpaired) electrons. The number of pyridine rings is 1. The molecule has 5 nitrogen and oxygen atoms in total. The highest BCUT2D eigenvalue weighted by atomic mass is 35.5. The number of hydrogen-bond acceptors (Lipinski definition) is 4. The van der Waals surface area contributed by atoms with E-state index < -0.39 is 0 Å². The summed E-state index contributed by atoms with van der Waals surface area (Å²) in [6, 6.07) is 9.31. The first-order valence-corrected chi connectivity index (χ1v) is 9.26. The van der Waals surface area contributed by atoms with Crippen molar-refractivity contribution >= 4 is 17.5 Å². The molecule has 2 saturated heterocycles. The van der Waals surface area contributed by atoms with Gasteiger partial charge in [-0.3, -0.25) is 9.78 Å². The Balaban J connectivity index is 1.52. The topological polar surface area (TPSA) is 51.7 Å². The van der Waals surface area contributed by atoms with Gasteiger partial charge in [-0.2, -0.15) is 0 Å². The lowest BCUT2D eigenvalue weighted by molar-refractivity contribution is 0.0356. The first-order chi connectivity index (χ1) is 12.7. The molecule has 2 fully saturated rings.